The average molecular weight is 233 g/mol. The van der Waals surface area contributed by atoms with Crippen molar-refractivity contribution in [2.24, 2.45) is 0 Å². The maximum atomic E-state index is 9.67. The van der Waals surface area contributed by atoms with Crippen LogP contribution in [0.2, 0.25) is 0 Å². The maximum Gasteiger partial charge on any atom is 0.0897 e. The Labute approximate surface area is 99.3 Å². The summed E-state index contributed by atoms with van der Waals surface area (Å²) in [6, 6.07) is 0. The van der Waals surface area contributed by atoms with Crippen LogP contribution >= 0.6 is 0 Å². The normalized spacial score (nSPS) is 14.1. The fourth-order valence-electron chi connectivity index (χ4n) is 1.28. The van der Waals surface area contributed by atoms with Crippen molar-refractivity contribution in [1.82, 2.24) is 5.32 Å². The fraction of sp³-hybridized carbons (Fsp3) is 1.00. The van der Waals surface area contributed by atoms with Gasteiger partial charge < -0.3 is 19.9 Å². The van der Waals surface area contributed by atoms with Crippen LogP contribution < -0.4 is 5.32 Å². The Hall–Kier alpha value is -0.160. The highest BCUT2D eigenvalue weighted by atomic mass is 16.5. The van der Waals surface area contributed by atoms with Gasteiger partial charge in [-0.2, -0.15) is 0 Å². The minimum Gasteiger partial charge on any atom is -0.389 e. The molecule has 0 aliphatic carbocycles. The number of nitrogens with one attached hydrogen (secondary N) is 1. The van der Waals surface area contributed by atoms with E-state index in [9.17, 15) is 5.11 Å². The monoisotopic (exact) mass is 233 g/mol. The molecule has 0 amide bonds. The van der Waals surface area contributed by atoms with Crippen LogP contribution in [0.1, 0.15) is 33.6 Å². The lowest BCUT2D eigenvalue weighted by Gasteiger charge is -2.29. The molecule has 1 atom stereocenters. The third-order valence-corrected chi connectivity index (χ3v) is 3.07. The first-order valence-electron chi connectivity index (χ1n) is 6.07. The fourth-order valence-corrected chi connectivity index (χ4v) is 1.28. The second-order valence-electron chi connectivity index (χ2n) is 4.37. The Morgan fingerprint density at radius 1 is 1.25 bits per heavy atom. The maximum absolute atomic E-state index is 9.67. The molecule has 0 heterocycles. The quantitative estimate of drug-likeness (QED) is 0.556. The van der Waals surface area contributed by atoms with Gasteiger partial charge in [-0.1, -0.05) is 13.8 Å². The number of hydrogen-bond donors (Lipinski definition) is 2. The molecule has 2 N–H and O–H groups in total. The molecule has 0 aliphatic heterocycles. The third-order valence-electron chi connectivity index (χ3n) is 3.07. The van der Waals surface area contributed by atoms with E-state index < -0.39 is 6.10 Å². The summed E-state index contributed by atoms with van der Waals surface area (Å²) in [4.78, 5) is 0. The molecule has 4 nitrogen and oxygen atoms in total. The largest absolute Gasteiger partial charge is 0.389 e. The molecule has 0 fully saturated rings. The van der Waals surface area contributed by atoms with Gasteiger partial charge in [-0.15, -0.1) is 0 Å². The van der Waals surface area contributed by atoms with E-state index in [1.807, 2.05) is 0 Å². The summed E-state index contributed by atoms with van der Waals surface area (Å²) in [7, 11) is 1.63. The second-order valence-corrected chi connectivity index (χ2v) is 4.37. The minimum atomic E-state index is -0.450. The van der Waals surface area contributed by atoms with Crippen LogP contribution in [-0.2, 0) is 9.47 Å². The lowest BCUT2D eigenvalue weighted by Crippen LogP contribution is -2.45. The van der Waals surface area contributed by atoms with Crippen molar-refractivity contribution in [3.63, 3.8) is 0 Å². The summed E-state index contributed by atoms with van der Waals surface area (Å²) in [6.07, 6.45) is 1.66. The highest BCUT2D eigenvalue weighted by Crippen LogP contribution is 2.12. The Bertz CT molecular complexity index is 160. The number of hydrogen-bond acceptors (Lipinski definition) is 4. The van der Waals surface area contributed by atoms with Crippen molar-refractivity contribution in [1.29, 1.82) is 0 Å². The summed E-state index contributed by atoms with van der Waals surface area (Å²) in [5.41, 5.74) is 0.119. The van der Waals surface area contributed by atoms with Gasteiger partial charge in [-0.3, -0.25) is 0 Å². The average Bonchev–Trinajstić information content (AvgIpc) is 2.31. The zero-order chi connectivity index (χ0) is 12.4. The predicted octanol–water partition coefficient (Wildman–Crippen LogP) is 1.18. The molecular formula is C12H27NO3. The Morgan fingerprint density at radius 2 is 1.88 bits per heavy atom. The molecule has 4 heteroatoms. The lowest BCUT2D eigenvalue weighted by molar-refractivity contribution is 0.0110. The van der Waals surface area contributed by atoms with E-state index in [-0.39, 0.29) is 5.54 Å². The molecule has 0 aromatic carbocycles. The topological polar surface area (TPSA) is 50.7 Å². The molecule has 0 rings (SSSR count). The first kappa shape index (κ1) is 15.8. The minimum absolute atomic E-state index is 0.119. The first-order chi connectivity index (χ1) is 7.58. The van der Waals surface area contributed by atoms with Gasteiger partial charge in [-0.05, 0) is 19.8 Å². The van der Waals surface area contributed by atoms with Crippen molar-refractivity contribution in [2.75, 3.05) is 33.5 Å². The van der Waals surface area contributed by atoms with E-state index >= 15 is 0 Å². The van der Waals surface area contributed by atoms with Crippen LogP contribution in [0.25, 0.3) is 0 Å². The van der Waals surface area contributed by atoms with E-state index in [0.29, 0.717) is 26.4 Å². The van der Waals surface area contributed by atoms with Gasteiger partial charge in [0.25, 0.3) is 0 Å². The summed E-state index contributed by atoms with van der Waals surface area (Å²) in [5.74, 6) is 0. The zero-order valence-corrected chi connectivity index (χ0v) is 11.1. The molecule has 1 unspecified atom stereocenters. The molecule has 98 valence electrons. The van der Waals surface area contributed by atoms with Crippen LogP contribution in [0, 0.1) is 0 Å². The van der Waals surface area contributed by atoms with Crippen molar-refractivity contribution in [3.8, 4) is 0 Å². The number of rotatable bonds is 10. The first-order valence-corrected chi connectivity index (χ1v) is 6.07. The highest BCUT2D eigenvalue weighted by molar-refractivity contribution is 4.80. The van der Waals surface area contributed by atoms with E-state index in [0.717, 1.165) is 12.8 Å². The second kappa shape index (κ2) is 8.93. The number of β-amino-alcohol motifs (C(OH)–C–C–N with tert-alkyl or cyclic N) is 1. The van der Waals surface area contributed by atoms with Gasteiger partial charge in [0, 0.05) is 19.2 Å². The van der Waals surface area contributed by atoms with Gasteiger partial charge in [0.1, 0.15) is 0 Å². The standard InChI is InChI=1S/C12H27NO3/c1-5-12(3,6-2)13-9-11(14)10-16-8-7-15-4/h11,13-14H,5-10H2,1-4H3. The van der Waals surface area contributed by atoms with Crippen molar-refractivity contribution >= 4 is 0 Å². The van der Waals surface area contributed by atoms with Crippen LogP contribution in [-0.4, -0.2) is 50.2 Å². The molecule has 0 aromatic heterocycles. The van der Waals surface area contributed by atoms with Crippen LogP contribution in [0.4, 0.5) is 0 Å². The Kier molecular flexibility index (Phi) is 8.84. The zero-order valence-electron chi connectivity index (χ0n) is 11.1. The molecule has 16 heavy (non-hydrogen) atoms. The van der Waals surface area contributed by atoms with E-state index in [2.05, 4.69) is 26.1 Å². The van der Waals surface area contributed by atoms with Gasteiger partial charge in [-0.25, -0.2) is 0 Å². The summed E-state index contributed by atoms with van der Waals surface area (Å²) >= 11 is 0. The molecule has 0 spiro atoms. The van der Waals surface area contributed by atoms with E-state index in [4.69, 9.17) is 9.47 Å². The number of methoxy groups -OCH3 is 1. The molecule has 0 saturated heterocycles. The number of aliphatic hydroxyl groups is 1. The van der Waals surface area contributed by atoms with Gasteiger partial charge in [0.15, 0.2) is 0 Å². The Balaban J connectivity index is 3.59. The Morgan fingerprint density at radius 3 is 2.38 bits per heavy atom. The van der Waals surface area contributed by atoms with Crippen molar-refractivity contribution < 1.29 is 14.6 Å². The molecule has 0 aliphatic rings. The molecular weight excluding hydrogens is 206 g/mol. The van der Waals surface area contributed by atoms with Gasteiger partial charge in [0.2, 0.25) is 0 Å². The van der Waals surface area contributed by atoms with Crippen LogP contribution in [0.3, 0.4) is 0 Å². The molecule has 0 radical (unpaired) electrons. The summed E-state index contributed by atoms with van der Waals surface area (Å²) < 4.78 is 10.1. The molecule has 0 aromatic rings. The van der Waals surface area contributed by atoms with Crippen LogP contribution in [0.5, 0.6) is 0 Å². The van der Waals surface area contributed by atoms with Crippen LogP contribution in [0.15, 0.2) is 0 Å². The number of ether oxygens (including phenoxy) is 2. The van der Waals surface area contributed by atoms with E-state index in [1.54, 1.807) is 7.11 Å². The lowest BCUT2D eigenvalue weighted by atomic mass is 9.95. The molecule has 0 saturated carbocycles. The van der Waals surface area contributed by atoms with Crippen molar-refractivity contribution in [3.05, 3.63) is 0 Å². The smallest absolute Gasteiger partial charge is 0.0897 e. The predicted molar refractivity (Wildman–Crippen MR) is 65.7 cm³/mol. The van der Waals surface area contributed by atoms with Gasteiger partial charge in [0.05, 0.1) is 25.9 Å². The van der Waals surface area contributed by atoms with Gasteiger partial charge >= 0.3 is 0 Å². The SMILES string of the molecule is CCC(C)(CC)NCC(O)COCCOC. The molecule has 0 bridgehead atoms. The highest BCUT2D eigenvalue weighted by Gasteiger charge is 2.19. The van der Waals surface area contributed by atoms with Crippen molar-refractivity contribution in [2.45, 2.75) is 45.3 Å². The van der Waals surface area contributed by atoms with E-state index in [1.165, 1.54) is 0 Å². The summed E-state index contributed by atoms with van der Waals surface area (Å²) in [6.45, 7) is 8.51. The third kappa shape index (κ3) is 7.17. The summed E-state index contributed by atoms with van der Waals surface area (Å²) in [5, 5.41) is 13.0. The number of aliphatic hydroxyl groups excluding tert-OH is 1.